The van der Waals surface area contributed by atoms with Crippen LogP contribution in [0.2, 0.25) is 5.02 Å². The number of nitro benzene ring substituents is 1. The van der Waals surface area contributed by atoms with Gasteiger partial charge in [0.25, 0.3) is 11.6 Å². The van der Waals surface area contributed by atoms with Crippen LogP contribution >= 0.6 is 11.6 Å². The fraction of sp³-hybridized carbons (Fsp3) is 0.333. The van der Waals surface area contributed by atoms with E-state index in [1.165, 1.54) is 12.1 Å². The van der Waals surface area contributed by atoms with Gasteiger partial charge >= 0.3 is 0 Å². The highest BCUT2D eigenvalue weighted by Crippen LogP contribution is 2.27. The summed E-state index contributed by atoms with van der Waals surface area (Å²) in [4.78, 5) is 14.5. The molecule has 20 heavy (non-hydrogen) atoms. The quantitative estimate of drug-likeness (QED) is 0.673. The molecule has 0 aliphatic rings. The third-order valence-electron chi connectivity index (χ3n) is 2.79. The fourth-order valence-corrected chi connectivity index (χ4v) is 1.86. The van der Waals surface area contributed by atoms with Crippen molar-refractivity contribution in [1.82, 2.24) is 15.5 Å². The van der Waals surface area contributed by atoms with Crippen LogP contribution in [-0.2, 0) is 6.42 Å². The Hall–Kier alpha value is -1.99. The van der Waals surface area contributed by atoms with Crippen molar-refractivity contribution >= 4 is 17.3 Å². The molecule has 0 saturated carbocycles. The van der Waals surface area contributed by atoms with Gasteiger partial charge in [-0.15, -0.1) is 0 Å². The van der Waals surface area contributed by atoms with Crippen LogP contribution in [0.3, 0.4) is 0 Å². The first-order chi connectivity index (χ1) is 9.49. The second-order valence-corrected chi connectivity index (χ2v) is 4.80. The zero-order valence-electron chi connectivity index (χ0n) is 11.0. The van der Waals surface area contributed by atoms with Gasteiger partial charge < -0.3 is 9.84 Å². The highest BCUT2D eigenvalue weighted by molar-refractivity contribution is 6.31. The molecule has 0 aliphatic heterocycles. The van der Waals surface area contributed by atoms with Gasteiger partial charge in [-0.1, -0.05) is 16.8 Å². The molecular formula is C12H13ClN4O3. The molecule has 8 heteroatoms. The van der Waals surface area contributed by atoms with Crippen molar-refractivity contribution in [3.63, 3.8) is 0 Å². The molecule has 1 atom stereocenters. The van der Waals surface area contributed by atoms with Crippen molar-refractivity contribution in [1.29, 1.82) is 0 Å². The van der Waals surface area contributed by atoms with Crippen LogP contribution in [0.4, 0.5) is 5.69 Å². The summed E-state index contributed by atoms with van der Waals surface area (Å²) in [7, 11) is 1.84. The van der Waals surface area contributed by atoms with Gasteiger partial charge in [0.1, 0.15) is 0 Å². The van der Waals surface area contributed by atoms with Crippen LogP contribution in [0.15, 0.2) is 22.7 Å². The molecule has 2 rings (SSSR count). The zero-order valence-corrected chi connectivity index (χ0v) is 11.7. The molecule has 0 fully saturated rings. The van der Waals surface area contributed by atoms with E-state index in [-0.39, 0.29) is 22.6 Å². The van der Waals surface area contributed by atoms with Crippen molar-refractivity contribution in [3.8, 4) is 11.5 Å². The lowest BCUT2D eigenvalue weighted by Gasteiger charge is -2.04. The molecule has 1 aromatic heterocycles. The summed E-state index contributed by atoms with van der Waals surface area (Å²) in [6, 6.07) is 4.37. The van der Waals surface area contributed by atoms with E-state index < -0.39 is 4.92 Å². The van der Waals surface area contributed by atoms with Gasteiger partial charge in [-0.2, -0.15) is 4.98 Å². The Morgan fingerprint density at radius 3 is 2.90 bits per heavy atom. The van der Waals surface area contributed by atoms with Crippen molar-refractivity contribution < 1.29 is 9.45 Å². The van der Waals surface area contributed by atoms with Crippen molar-refractivity contribution in [2.75, 3.05) is 7.05 Å². The normalized spacial score (nSPS) is 12.3. The van der Waals surface area contributed by atoms with Gasteiger partial charge in [-0.05, 0) is 20.0 Å². The number of non-ortho nitro benzene ring substituents is 1. The van der Waals surface area contributed by atoms with E-state index in [0.717, 1.165) is 0 Å². The van der Waals surface area contributed by atoms with E-state index in [1.807, 2.05) is 14.0 Å². The number of halogens is 1. The topological polar surface area (TPSA) is 94.1 Å². The molecule has 1 unspecified atom stereocenters. The first-order valence-electron chi connectivity index (χ1n) is 5.95. The molecule has 2 aromatic rings. The number of nitrogens with zero attached hydrogens (tertiary/aromatic N) is 3. The maximum Gasteiger partial charge on any atom is 0.271 e. The monoisotopic (exact) mass is 296 g/mol. The van der Waals surface area contributed by atoms with E-state index in [4.69, 9.17) is 16.1 Å². The van der Waals surface area contributed by atoms with E-state index >= 15 is 0 Å². The Labute approximate surface area is 120 Å². The standard InChI is InChI=1S/C12H13ClN4O3/c1-7(14-2)3-11-15-12(20-16-11)8-4-9(13)6-10(5-8)17(18)19/h4-7,14H,3H2,1-2H3. The van der Waals surface area contributed by atoms with Gasteiger partial charge in [0.2, 0.25) is 0 Å². The number of likely N-dealkylation sites (N-methyl/N-ethyl adjacent to an activating group) is 1. The molecule has 1 N–H and O–H groups in total. The molecule has 1 aromatic carbocycles. The lowest BCUT2D eigenvalue weighted by atomic mass is 10.2. The molecule has 7 nitrogen and oxygen atoms in total. The van der Waals surface area contributed by atoms with Crippen molar-refractivity contribution in [2.24, 2.45) is 0 Å². The van der Waals surface area contributed by atoms with E-state index in [1.54, 1.807) is 6.07 Å². The summed E-state index contributed by atoms with van der Waals surface area (Å²) in [6.07, 6.45) is 0.600. The highest BCUT2D eigenvalue weighted by Gasteiger charge is 2.15. The molecule has 0 radical (unpaired) electrons. The SMILES string of the molecule is CNC(C)Cc1noc(-c2cc(Cl)cc([N+](=O)[O-])c2)n1. The predicted molar refractivity (Wildman–Crippen MR) is 73.6 cm³/mol. The van der Waals surface area contributed by atoms with Gasteiger partial charge in [0.05, 0.1) is 4.92 Å². The third-order valence-corrected chi connectivity index (χ3v) is 3.01. The second-order valence-electron chi connectivity index (χ2n) is 4.36. The van der Waals surface area contributed by atoms with E-state index in [9.17, 15) is 10.1 Å². The minimum Gasteiger partial charge on any atom is -0.334 e. The Bertz CT molecular complexity index is 629. The maximum absolute atomic E-state index is 10.8. The van der Waals surface area contributed by atoms with Crippen molar-refractivity contribution in [2.45, 2.75) is 19.4 Å². The third kappa shape index (κ3) is 3.31. The van der Waals surface area contributed by atoms with Crippen LogP contribution in [0, 0.1) is 10.1 Å². The number of rotatable bonds is 5. The Kier molecular flexibility index (Phi) is 4.31. The predicted octanol–water partition coefficient (Wildman–Crippen LogP) is 2.45. The van der Waals surface area contributed by atoms with Gasteiger partial charge in [-0.3, -0.25) is 10.1 Å². The molecule has 0 spiro atoms. The summed E-state index contributed by atoms with van der Waals surface area (Å²) in [5.41, 5.74) is 0.316. The van der Waals surface area contributed by atoms with Gasteiger partial charge in [0.15, 0.2) is 5.82 Å². The molecular weight excluding hydrogens is 284 g/mol. The molecule has 0 aliphatic carbocycles. The van der Waals surface area contributed by atoms with E-state index in [0.29, 0.717) is 17.8 Å². The number of aromatic nitrogens is 2. The molecule has 1 heterocycles. The smallest absolute Gasteiger partial charge is 0.271 e. The summed E-state index contributed by atoms with van der Waals surface area (Å²) in [5, 5.41) is 18.0. The average molecular weight is 297 g/mol. The van der Waals surface area contributed by atoms with Crippen LogP contribution in [0.5, 0.6) is 0 Å². The summed E-state index contributed by atoms with van der Waals surface area (Å²) in [6.45, 7) is 1.99. The number of hydrogen-bond donors (Lipinski definition) is 1. The lowest BCUT2D eigenvalue weighted by molar-refractivity contribution is -0.384. The van der Waals surface area contributed by atoms with Crippen LogP contribution in [-0.4, -0.2) is 28.2 Å². The number of benzene rings is 1. The minimum atomic E-state index is -0.518. The number of nitro groups is 1. The van der Waals surface area contributed by atoms with Gasteiger partial charge in [0, 0.05) is 35.2 Å². The van der Waals surface area contributed by atoms with Crippen LogP contribution < -0.4 is 5.32 Å². The molecule has 106 valence electrons. The van der Waals surface area contributed by atoms with Crippen LogP contribution in [0.1, 0.15) is 12.7 Å². The zero-order chi connectivity index (χ0) is 14.7. The average Bonchev–Trinajstić information content (AvgIpc) is 2.86. The summed E-state index contributed by atoms with van der Waals surface area (Å²) in [5.74, 6) is 0.749. The molecule has 0 bridgehead atoms. The summed E-state index contributed by atoms with van der Waals surface area (Å²) >= 11 is 5.85. The minimum absolute atomic E-state index is 0.115. The Balaban J connectivity index is 2.30. The first kappa shape index (κ1) is 14.4. The number of hydrogen-bond acceptors (Lipinski definition) is 6. The molecule has 0 amide bonds. The Morgan fingerprint density at radius 1 is 1.50 bits per heavy atom. The number of nitrogens with one attached hydrogen (secondary N) is 1. The first-order valence-corrected chi connectivity index (χ1v) is 6.32. The maximum atomic E-state index is 10.8. The van der Waals surface area contributed by atoms with Crippen LogP contribution in [0.25, 0.3) is 11.5 Å². The summed E-state index contributed by atoms with van der Waals surface area (Å²) < 4.78 is 5.12. The fourth-order valence-electron chi connectivity index (χ4n) is 1.63. The lowest BCUT2D eigenvalue weighted by Crippen LogP contribution is -2.24. The Morgan fingerprint density at radius 2 is 2.25 bits per heavy atom. The van der Waals surface area contributed by atoms with E-state index in [2.05, 4.69) is 15.5 Å². The molecule has 0 saturated heterocycles. The van der Waals surface area contributed by atoms with Crippen molar-refractivity contribution in [3.05, 3.63) is 39.2 Å². The second kappa shape index (κ2) is 5.98. The largest absolute Gasteiger partial charge is 0.334 e. The van der Waals surface area contributed by atoms with Gasteiger partial charge in [-0.25, -0.2) is 0 Å². The highest BCUT2D eigenvalue weighted by atomic mass is 35.5.